The molecule has 1 atom stereocenters. The van der Waals surface area contributed by atoms with Gasteiger partial charge in [0.25, 0.3) is 0 Å². The van der Waals surface area contributed by atoms with Crippen molar-refractivity contribution in [1.29, 1.82) is 0 Å². The van der Waals surface area contributed by atoms with Gasteiger partial charge in [-0.1, -0.05) is 40.9 Å². The maximum atomic E-state index is 6.26. The van der Waals surface area contributed by atoms with E-state index in [0.29, 0.717) is 0 Å². The number of halogens is 1. The number of rotatable bonds is 7. The van der Waals surface area contributed by atoms with Crippen LogP contribution in [-0.2, 0) is 4.74 Å². The summed E-state index contributed by atoms with van der Waals surface area (Å²) in [5, 5.41) is 3.61. The van der Waals surface area contributed by atoms with Gasteiger partial charge in [0.2, 0.25) is 0 Å². The third kappa shape index (κ3) is 4.31. The monoisotopic (exact) mass is 337 g/mol. The molecule has 1 unspecified atom stereocenters. The van der Waals surface area contributed by atoms with Crippen LogP contribution in [0.2, 0.25) is 0 Å². The molecule has 0 aliphatic heterocycles. The Balaban J connectivity index is 1.59. The van der Waals surface area contributed by atoms with E-state index in [-0.39, 0.29) is 6.10 Å². The highest BCUT2D eigenvalue weighted by Crippen LogP contribution is 2.28. The van der Waals surface area contributed by atoms with Crippen molar-refractivity contribution in [1.82, 2.24) is 5.32 Å². The lowest BCUT2D eigenvalue weighted by Gasteiger charge is -2.21. The largest absolute Gasteiger partial charge is 0.372 e. The molecule has 2 aliphatic rings. The Kier molecular flexibility index (Phi) is 5.14. The number of benzene rings is 1. The van der Waals surface area contributed by atoms with Gasteiger partial charge in [0.05, 0.1) is 12.7 Å². The lowest BCUT2D eigenvalue weighted by molar-refractivity contribution is 0.0292. The molecular formula is C17H24BrNO. The van der Waals surface area contributed by atoms with Crippen molar-refractivity contribution >= 4 is 15.9 Å². The van der Waals surface area contributed by atoms with Gasteiger partial charge in [0.1, 0.15) is 0 Å². The molecule has 0 saturated heterocycles. The minimum atomic E-state index is 0.189. The zero-order chi connectivity index (χ0) is 13.8. The first-order valence-electron chi connectivity index (χ1n) is 7.92. The molecule has 1 aromatic rings. The van der Waals surface area contributed by atoms with E-state index < -0.39 is 0 Å². The van der Waals surface area contributed by atoms with Gasteiger partial charge in [0.15, 0.2) is 0 Å². The molecule has 0 spiro atoms. The van der Waals surface area contributed by atoms with E-state index in [1.807, 2.05) is 0 Å². The van der Waals surface area contributed by atoms with E-state index >= 15 is 0 Å². The van der Waals surface area contributed by atoms with E-state index in [1.165, 1.54) is 44.1 Å². The fourth-order valence-corrected chi connectivity index (χ4v) is 3.39. The second-order valence-corrected chi connectivity index (χ2v) is 7.13. The Morgan fingerprint density at radius 3 is 2.70 bits per heavy atom. The second-order valence-electron chi connectivity index (χ2n) is 6.21. The van der Waals surface area contributed by atoms with Crippen LogP contribution in [0.15, 0.2) is 28.7 Å². The highest BCUT2D eigenvalue weighted by molar-refractivity contribution is 9.10. The van der Waals surface area contributed by atoms with Crippen molar-refractivity contribution in [3.05, 3.63) is 34.3 Å². The lowest BCUT2D eigenvalue weighted by Crippen LogP contribution is -2.26. The molecule has 0 radical (unpaired) electrons. The Morgan fingerprint density at radius 1 is 1.20 bits per heavy atom. The number of ether oxygens (including phenoxy) is 1. The Morgan fingerprint density at radius 2 is 2.00 bits per heavy atom. The van der Waals surface area contributed by atoms with Gasteiger partial charge in [-0.15, -0.1) is 0 Å². The quantitative estimate of drug-likeness (QED) is 0.793. The van der Waals surface area contributed by atoms with Gasteiger partial charge in [0, 0.05) is 17.1 Å². The van der Waals surface area contributed by atoms with Crippen molar-refractivity contribution < 1.29 is 4.74 Å². The van der Waals surface area contributed by atoms with Crippen LogP contribution in [0.4, 0.5) is 0 Å². The fourth-order valence-electron chi connectivity index (χ4n) is 2.97. The molecule has 3 heteroatoms. The SMILES string of the molecule is Brc1cccc(C(CNC2CC2)OCC2CCCC2)c1. The summed E-state index contributed by atoms with van der Waals surface area (Å²) in [6.07, 6.45) is 8.31. The maximum absolute atomic E-state index is 6.26. The van der Waals surface area contributed by atoms with E-state index in [1.54, 1.807) is 0 Å². The fraction of sp³-hybridized carbons (Fsp3) is 0.647. The summed E-state index contributed by atoms with van der Waals surface area (Å²) < 4.78 is 7.40. The zero-order valence-electron chi connectivity index (χ0n) is 12.0. The Labute approximate surface area is 130 Å². The van der Waals surface area contributed by atoms with Gasteiger partial charge < -0.3 is 10.1 Å². The molecule has 1 N–H and O–H groups in total. The van der Waals surface area contributed by atoms with Gasteiger partial charge in [-0.05, 0) is 49.3 Å². The van der Waals surface area contributed by atoms with E-state index in [0.717, 1.165) is 29.6 Å². The average molecular weight is 338 g/mol. The third-order valence-corrected chi connectivity index (χ3v) is 4.89. The first-order valence-corrected chi connectivity index (χ1v) is 8.71. The molecule has 2 fully saturated rings. The van der Waals surface area contributed by atoms with Crippen LogP contribution in [0.1, 0.15) is 50.2 Å². The summed E-state index contributed by atoms with van der Waals surface area (Å²) in [6.45, 7) is 1.86. The minimum Gasteiger partial charge on any atom is -0.372 e. The van der Waals surface area contributed by atoms with Crippen LogP contribution < -0.4 is 5.32 Å². The smallest absolute Gasteiger partial charge is 0.0949 e. The van der Waals surface area contributed by atoms with Crippen molar-refractivity contribution in [2.45, 2.75) is 50.7 Å². The predicted molar refractivity (Wildman–Crippen MR) is 85.8 cm³/mol. The Bertz CT molecular complexity index is 427. The molecule has 3 rings (SSSR count). The summed E-state index contributed by atoms with van der Waals surface area (Å²) in [5.41, 5.74) is 1.28. The third-order valence-electron chi connectivity index (χ3n) is 4.40. The standard InChI is InChI=1S/C17H24BrNO/c18-15-7-3-6-14(10-15)17(11-19-16-8-9-16)20-12-13-4-1-2-5-13/h3,6-7,10,13,16-17,19H,1-2,4-5,8-9,11-12H2. The van der Waals surface area contributed by atoms with Crippen LogP contribution in [0.3, 0.4) is 0 Å². The molecule has 110 valence electrons. The van der Waals surface area contributed by atoms with Crippen LogP contribution >= 0.6 is 15.9 Å². The predicted octanol–water partition coefficient (Wildman–Crippen LogP) is 4.45. The Hall–Kier alpha value is -0.380. The summed E-state index contributed by atoms with van der Waals surface area (Å²) in [6, 6.07) is 9.28. The molecule has 20 heavy (non-hydrogen) atoms. The average Bonchev–Trinajstić information content (AvgIpc) is 3.13. The topological polar surface area (TPSA) is 21.3 Å². The van der Waals surface area contributed by atoms with Gasteiger partial charge in [-0.3, -0.25) is 0 Å². The molecule has 2 nitrogen and oxygen atoms in total. The van der Waals surface area contributed by atoms with E-state index in [9.17, 15) is 0 Å². The molecule has 0 heterocycles. The highest BCUT2D eigenvalue weighted by atomic mass is 79.9. The molecule has 2 saturated carbocycles. The molecule has 1 aromatic carbocycles. The van der Waals surface area contributed by atoms with Crippen molar-refractivity contribution in [2.24, 2.45) is 5.92 Å². The van der Waals surface area contributed by atoms with E-state index in [4.69, 9.17) is 4.74 Å². The number of hydrogen-bond donors (Lipinski definition) is 1. The summed E-state index contributed by atoms with van der Waals surface area (Å²) in [5.74, 6) is 0.783. The first-order chi connectivity index (χ1) is 9.81. The molecule has 0 aromatic heterocycles. The highest BCUT2D eigenvalue weighted by Gasteiger charge is 2.24. The number of nitrogens with one attached hydrogen (secondary N) is 1. The second kappa shape index (κ2) is 7.06. The zero-order valence-corrected chi connectivity index (χ0v) is 13.6. The summed E-state index contributed by atoms with van der Waals surface area (Å²) in [4.78, 5) is 0. The van der Waals surface area contributed by atoms with Crippen LogP contribution in [-0.4, -0.2) is 19.2 Å². The summed E-state index contributed by atoms with van der Waals surface area (Å²) >= 11 is 3.56. The van der Waals surface area contributed by atoms with E-state index in [2.05, 4.69) is 45.5 Å². The number of hydrogen-bond acceptors (Lipinski definition) is 2. The molecule has 2 aliphatic carbocycles. The van der Waals surface area contributed by atoms with Crippen LogP contribution in [0.5, 0.6) is 0 Å². The first kappa shape index (κ1) is 14.6. The molecule has 0 bridgehead atoms. The maximum Gasteiger partial charge on any atom is 0.0949 e. The van der Waals surface area contributed by atoms with Crippen molar-refractivity contribution in [2.75, 3.05) is 13.2 Å². The van der Waals surface area contributed by atoms with Crippen molar-refractivity contribution in [3.8, 4) is 0 Å². The lowest BCUT2D eigenvalue weighted by atomic mass is 10.1. The normalized spacial score (nSPS) is 21.2. The van der Waals surface area contributed by atoms with Gasteiger partial charge >= 0.3 is 0 Å². The van der Waals surface area contributed by atoms with Crippen LogP contribution in [0, 0.1) is 5.92 Å². The van der Waals surface area contributed by atoms with Gasteiger partial charge in [-0.25, -0.2) is 0 Å². The molecule has 0 amide bonds. The summed E-state index contributed by atoms with van der Waals surface area (Å²) in [7, 11) is 0. The van der Waals surface area contributed by atoms with Crippen LogP contribution in [0.25, 0.3) is 0 Å². The van der Waals surface area contributed by atoms with Gasteiger partial charge in [-0.2, -0.15) is 0 Å². The minimum absolute atomic E-state index is 0.189. The van der Waals surface area contributed by atoms with Crippen molar-refractivity contribution in [3.63, 3.8) is 0 Å². The molecular weight excluding hydrogens is 314 g/mol.